The van der Waals surface area contributed by atoms with E-state index in [9.17, 15) is 5.11 Å². The SMILES string of the molecule is CC1CC(C)(C)CC(CO)(NCc2nnc(C3CC3)o2)C1. The van der Waals surface area contributed by atoms with Gasteiger partial charge >= 0.3 is 0 Å². The molecule has 2 aliphatic rings. The molecule has 2 N–H and O–H groups in total. The molecule has 118 valence electrons. The Morgan fingerprint density at radius 1 is 1.29 bits per heavy atom. The van der Waals surface area contributed by atoms with E-state index >= 15 is 0 Å². The first-order valence-electron chi connectivity index (χ1n) is 8.10. The fraction of sp³-hybridized carbons (Fsp3) is 0.875. The molecule has 2 saturated carbocycles. The van der Waals surface area contributed by atoms with Crippen LogP contribution in [0.4, 0.5) is 0 Å². The lowest BCUT2D eigenvalue weighted by Gasteiger charge is -2.47. The van der Waals surface area contributed by atoms with Gasteiger partial charge in [-0.15, -0.1) is 10.2 Å². The summed E-state index contributed by atoms with van der Waals surface area (Å²) in [6.45, 7) is 7.54. The Labute approximate surface area is 126 Å². The van der Waals surface area contributed by atoms with Crippen LogP contribution in [0.2, 0.25) is 0 Å². The maximum absolute atomic E-state index is 9.94. The lowest BCUT2D eigenvalue weighted by atomic mass is 9.64. The van der Waals surface area contributed by atoms with Gasteiger partial charge < -0.3 is 14.8 Å². The number of hydrogen-bond donors (Lipinski definition) is 2. The van der Waals surface area contributed by atoms with E-state index < -0.39 is 0 Å². The second-order valence-corrected chi connectivity index (χ2v) is 7.95. The zero-order valence-electron chi connectivity index (χ0n) is 13.4. The summed E-state index contributed by atoms with van der Waals surface area (Å²) in [5.74, 6) is 2.52. The van der Waals surface area contributed by atoms with E-state index in [2.05, 4.69) is 36.3 Å². The van der Waals surface area contributed by atoms with Crippen molar-refractivity contribution < 1.29 is 9.52 Å². The molecule has 1 aromatic heterocycles. The van der Waals surface area contributed by atoms with Crippen molar-refractivity contribution in [2.45, 2.75) is 70.9 Å². The molecular formula is C16H27N3O2. The quantitative estimate of drug-likeness (QED) is 0.873. The molecule has 21 heavy (non-hydrogen) atoms. The Morgan fingerprint density at radius 3 is 2.67 bits per heavy atom. The minimum absolute atomic E-state index is 0.157. The van der Waals surface area contributed by atoms with Crippen LogP contribution in [-0.2, 0) is 6.54 Å². The van der Waals surface area contributed by atoms with Crippen LogP contribution in [0.1, 0.15) is 70.6 Å². The maximum Gasteiger partial charge on any atom is 0.230 e. The van der Waals surface area contributed by atoms with Crippen LogP contribution < -0.4 is 5.32 Å². The number of aliphatic hydroxyl groups excluding tert-OH is 1. The molecule has 0 aromatic carbocycles. The Kier molecular flexibility index (Phi) is 3.82. The van der Waals surface area contributed by atoms with Crippen molar-refractivity contribution in [1.29, 1.82) is 0 Å². The first-order valence-corrected chi connectivity index (χ1v) is 8.10. The summed E-state index contributed by atoms with van der Waals surface area (Å²) in [5.41, 5.74) is 0.0246. The third-order valence-corrected chi connectivity index (χ3v) is 4.78. The summed E-state index contributed by atoms with van der Waals surface area (Å²) in [6.07, 6.45) is 5.52. The number of nitrogens with one attached hydrogen (secondary N) is 1. The molecule has 0 bridgehead atoms. The average Bonchev–Trinajstić information content (AvgIpc) is 3.13. The first-order chi connectivity index (χ1) is 9.91. The van der Waals surface area contributed by atoms with E-state index in [0.717, 1.165) is 18.7 Å². The van der Waals surface area contributed by atoms with E-state index in [1.54, 1.807) is 0 Å². The summed E-state index contributed by atoms with van der Waals surface area (Å²) in [4.78, 5) is 0. The van der Waals surface area contributed by atoms with E-state index in [0.29, 0.717) is 24.3 Å². The highest BCUT2D eigenvalue weighted by Gasteiger charge is 2.42. The number of nitrogens with zero attached hydrogens (tertiary/aromatic N) is 2. The fourth-order valence-electron chi connectivity index (χ4n) is 4.15. The second-order valence-electron chi connectivity index (χ2n) is 7.95. The Morgan fingerprint density at radius 2 is 2.05 bits per heavy atom. The molecule has 5 heteroatoms. The van der Waals surface area contributed by atoms with Gasteiger partial charge in [0.15, 0.2) is 0 Å². The topological polar surface area (TPSA) is 71.2 Å². The largest absolute Gasteiger partial charge is 0.424 e. The van der Waals surface area contributed by atoms with Gasteiger partial charge in [-0.3, -0.25) is 0 Å². The van der Waals surface area contributed by atoms with Gasteiger partial charge in [0.05, 0.1) is 13.2 Å². The molecule has 3 rings (SSSR count). The molecule has 1 heterocycles. The van der Waals surface area contributed by atoms with Gasteiger partial charge in [0.25, 0.3) is 0 Å². The molecule has 2 unspecified atom stereocenters. The Bertz CT molecular complexity index is 495. The van der Waals surface area contributed by atoms with Crippen LogP contribution in [0, 0.1) is 11.3 Å². The third-order valence-electron chi connectivity index (χ3n) is 4.78. The fourth-order valence-corrected chi connectivity index (χ4v) is 4.15. The normalized spacial score (nSPS) is 32.3. The lowest BCUT2D eigenvalue weighted by Crippen LogP contribution is -2.54. The molecule has 1 aromatic rings. The molecule has 0 spiro atoms. The highest BCUT2D eigenvalue weighted by Crippen LogP contribution is 2.44. The van der Waals surface area contributed by atoms with E-state index in [1.807, 2.05) is 0 Å². The van der Waals surface area contributed by atoms with Crippen LogP contribution >= 0.6 is 0 Å². The molecule has 0 radical (unpaired) electrons. The van der Waals surface area contributed by atoms with Crippen molar-refractivity contribution >= 4 is 0 Å². The average molecular weight is 293 g/mol. The smallest absolute Gasteiger partial charge is 0.230 e. The van der Waals surface area contributed by atoms with Crippen molar-refractivity contribution in [3.63, 3.8) is 0 Å². The predicted octanol–water partition coefficient (Wildman–Crippen LogP) is 2.61. The highest BCUT2D eigenvalue weighted by atomic mass is 16.4. The molecular weight excluding hydrogens is 266 g/mol. The van der Waals surface area contributed by atoms with Gasteiger partial charge in [0.1, 0.15) is 0 Å². The minimum atomic E-state index is -0.227. The van der Waals surface area contributed by atoms with Crippen LogP contribution in [0.5, 0.6) is 0 Å². The lowest BCUT2D eigenvalue weighted by molar-refractivity contribution is 0.0337. The molecule has 5 nitrogen and oxygen atoms in total. The minimum Gasteiger partial charge on any atom is -0.424 e. The van der Waals surface area contributed by atoms with Crippen LogP contribution in [-0.4, -0.2) is 27.4 Å². The van der Waals surface area contributed by atoms with E-state index in [-0.39, 0.29) is 17.6 Å². The Hall–Kier alpha value is -0.940. The number of aromatic nitrogens is 2. The molecule has 2 aliphatic carbocycles. The third kappa shape index (κ3) is 3.46. The summed E-state index contributed by atoms with van der Waals surface area (Å²) >= 11 is 0. The molecule has 0 amide bonds. The summed E-state index contributed by atoms with van der Waals surface area (Å²) < 4.78 is 5.70. The second kappa shape index (κ2) is 5.36. The van der Waals surface area contributed by atoms with Gasteiger partial charge in [0, 0.05) is 11.5 Å². The van der Waals surface area contributed by atoms with E-state index in [1.165, 1.54) is 19.3 Å². The zero-order chi connectivity index (χ0) is 15.1. The van der Waals surface area contributed by atoms with Gasteiger partial charge in [-0.1, -0.05) is 20.8 Å². The van der Waals surface area contributed by atoms with Crippen LogP contribution in [0.3, 0.4) is 0 Å². The van der Waals surface area contributed by atoms with Gasteiger partial charge in [-0.2, -0.15) is 0 Å². The number of rotatable bonds is 5. The molecule has 2 fully saturated rings. The van der Waals surface area contributed by atoms with Crippen molar-refractivity contribution in [3.05, 3.63) is 11.8 Å². The standard InChI is InChI=1S/C16H27N3O2/c1-11-6-15(2,3)9-16(7-11,10-20)17-8-13-18-19-14(21-13)12-4-5-12/h11-12,17,20H,4-10H2,1-3H3. The number of aliphatic hydroxyl groups is 1. The summed E-state index contributed by atoms with van der Waals surface area (Å²) in [5, 5.41) is 21.7. The molecule has 0 aliphatic heterocycles. The van der Waals surface area contributed by atoms with Gasteiger partial charge in [-0.25, -0.2) is 0 Å². The van der Waals surface area contributed by atoms with E-state index in [4.69, 9.17) is 4.42 Å². The highest BCUT2D eigenvalue weighted by molar-refractivity contribution is 5.02. The van der Waals surface area contributed by atoms with Crippen molar-refractivity contribution in [2.24, 2.45) is 11.3 Å². The van der Waals surface area contributed by atoms with Crippen molar-refractivity contribution in [1.82, 2.24) is 15.5 Å². The predicted molar refractivity (Wildman–Crippen MR) is 79.7 cm³/mol. The zero-order valence-corrected chi connectivity index (χ0v) is 13.4. The number of hydrogen-bond acceptors (Lipinski definition) is 5. The van der Waals surface area contributed by atoms with Gasteiger partial charge in [0.2, 0.25) is 11.8 Å². The van der Waals surface area contributed by atoms with Crippen LogP contribution in [0.15, 0.2) is 4.42 Å². The van der Waals surface area contributed by atoms with Crippen LogP contribution in [0.25, 0.3) is 0 Å². The van der Waals surface area contributed by atoms with Crippen molar-refractivity contribution in [3.8, 4) is 0 Å². The maximum atomic E-state index is 9.94. The van der Waals surface area contributed by atoms with Gasteiger partial charge in [-0.05, 0) is 43.4 Å². The molecule has 2 atom stereocenters. The summed E-state index contributed by atoms with van der Waals surface area (Å²) in [7, 11) is 0. The monoisotopic (exact) mass is 293 g/mol. The first kappa shape index (κ1) is 15.0. The van der Waals surface area contributed by atoms with Crippen molar-refractivity contribution in [2.75, 3.05) is 6.61 Å². The Balaban J connectivity index is 1.65. The molecule has 0 saturated heterocycles. The summed E-state index contributed by atoms with van der Waals surface area (Å²) in [6, 6.07) is 0.